The Morgan fingerprint density at radius 1 is 1.17 bits per heavy atom. The maximum absolute atomic E-state index is 12.3. The molecule has 2 aromatic carbocycles. The fraction of sp³-hybridized carbons (Fsp3) is 0.158. The van der Waals surface area contributed by atoms with Gasteiger partial charge < -0.3 is 15.4 Å². The molecule has 0 heterocycles. The van der Waals surface area contributed by atoms with Crippen molar-refractivity contribution in [2.45, 2.75) is 13.8 Å². The zero-order valence-corrected chi connectivity index (χ0v) is 13.9. The topological polar surface area (TPSA) is 74.1 Å². The van der Waals surface area contributed by atoms with E-state index in [0.29, 0.717) is 17.1 Å². The van der Waals surface area contributed by atoms with Gasteiger partial charge in [0.1, 0.15) is 17.4 Å². The molecular weight excluding hydrogens is 302 g/mol. The second-order valence-electron chi connectivity index (χ2n) is 5.29. The number of hydrogen-bond acceptors (Lipinski definition) is 4. The molecule has 0 bridgehead atoms. The van der Waals surface area contributed by atoms with Gasteiger partial charge in [-0.25, -0.2) is 0 Å². The van der Waals surface area contributed by atoms with Crippen molar-refractivity contribution < 1.29 is 9.53 Å². The molecule has 0 saturated heterocycles. The average Bonchev–Trinajstić information content (AvgIpc) is 2.57. The van der Waals surface area contributed by atoms with Crippen LogP contribution in [0.4, 0.5) is 11.4 Å². The van der Waals surface area contributed by atoms with E-state index in [-0.39, 0.29) is 5.57 Å². The number of anilines is 2. The number of methoxy groups -OCH3 is 1. The molecule has 0 saturated carbocycles. The highest BCUT2D eigenvalue weighted by atomic mass is 16.5. The van der Waals surface area contributed by atoms with Crippen molar-refractivity contribution in [3.8, 4) is 11.8 Å². The van der Waals surface area contributed by atoms with Gasteiger partial charge in [-0.1, -0.05) is 24.3 Å². The molecule has 24 heavy (non-hydrogen) atoms. The van der Waals surface area contributed by atoms with E-state index in [1.54, 1.807) is 13.2 Å². The van der Waals surface area contributed by atoms with Crippen LogP contribution in [0.3, 0.4) is 0 Å². The van der Waals surface area contributed by atoms with Crippen LogP contribution >= 0.6 is 0 Å². The monoisotopic (exact) mass is 321 g/mol. The minimum absolute atomic E-state index is 0.0261. The predicted octanol–water partition coefficient (Wildman–Crippen LogP) is 3.77. The lowest BCUT2D eigenvalue weighted by molar-refractivity contribution is -0.112. The number of rotatable bonds is 5. The molecule has 5 nitrogen and oxygen atoms in total. The lowest BCUT2D eigenvalue weighted by atomic mass is 10.2. The van der Waals surface area contributed by atoms with E-state index in [2.05, 4.69) is 10.6 Å². The van der Waals surface area contributed by atoms with Crippen molar-refractivity contribution in [1.29, 1.82) is 5.26 Å². The van der Waals surface area contributed by atoms with E-state index in [1.165, 1.54) is 6.20 Å². The van der Waals surface area contributed by atoms with Crippen LogP contribution in [0.15, 0.2) is 54.2 Å². The highest BCUT2D eigenvalue weighted by Gasteiger charge is 2.11. The molecule has 0 spiro atoms. The van der Waals surface area contributed by atoms with Crippen LogP contribution in [-0.2, 0) is 4.79 Å². The SMILES string of the molecule is COc1ccc(C)cc1N/C=C(/C#N)C(=O)Nc1ccccc1C. The smallest absolute Gasteiger partial charge is 0.267 e. The van der Waals surface area contributed by atoms with Crippen LogP contribution in [0.25, 0.3) is 0 Å². The first-order chi connectivity index (χ1) is 11.5. The summed E-state index contributed by atoms with van der Waals surface area (Å²) >= 11 is 0. The van der Waals surface area contributed by atoms with Gasteiger partial charge in [-0.2, -0.15) is 5.26 Å². The normalized spacial score (nSPS) is 10.7. The fourth-order valence-electron chi connectivity index (χ4n) is 2.14. The number of nitrogens with one attached hydrogen (secondary N) is 2. The number of hydrogen-bond donors (Lipinski definition) is 2. The Hall–Kier alpha value is -3.26. The van der Waals surface area contributed by atoms with Crippen molar-refractivity contribution in [1.82, 2.24) is 0 Å². The Balaban J connectivity index is 2.18. The van der Waals surface area contributed by atoms with E-state index in [1.807, 2.05) is 56.3 Å². The second kappa shape index (κ2) is 7.84. The summed E-state index contributed by atoms with van der Waals surface area (Å²) in [6.45, 7) is 3.84. The lowest BCUT2D eigenvalue weighted by Crippen LogP contribution is -2.15. The first-order valence-electron chi connectivity index (χ1n) is 7.43. The number of benzene rings is 2. The van der Waals surface area contributed by atoms with Gasteiger partial charge >= 0.3 is 0 Å². The summed E-state index contributed by atoms with van der Waals surface area (Å²) in [5.74, 6) is 0.166. The van der Waals surface area contributed by atoms with Gasteiger partial charge in [0.25, 0.3) is 5.91 Å². The second-order valence-corrected chi connectivity index (χ2v) is 5.29. The summed E-state index contributed by atoms with van der Waals surface area (Å²) < 4.78 is 5.26. The van der Waals surface area contributed by atoms with Crippen molar-refractivity contribution in [2.24, 2.45) is 0 Å². The van der Waals surface area contributed by atoms with Gasteiger partial charge in [0, 0.05) is 11.9 Å². The van der Waals surface area contributed by atoms with Crippen LogP contribution in [0.2, 0.25) is 0 Å². The highest BCUT2D eigenvalue weighted by Crippen LogP contribution is 2.25. The van der Waals surface area contributed by atoms with Gasteiger partial charge in [-0.3, -0.25) is 4.79 Å². The summed E-state index contributed by atoms with van der Waals surface area (Å²) in [4.78, 5) is 12.3. The number of ether oxygens (including phenoxy) is 1. The molecule has 0 unspecified atom stereocenters. The standard InChI is InChI=1S/C19H19N3O2/c1-13-8-9-18(24-3)17(10-13)21-12-15(11-20)19(23)22-16-7-5-4-6-14(16)2/h4-10,12,21H,1-3H3,(H,22,23)/b15-12-. The van der Waals surface area contributed by atoms with E-state index in [9.17, 15) is 10.1 Å². The first kappa shape index (κ1) is 17.1. The van der Waals surface area contributed by atoms with Crippen molar-refractivity contribution >= 4 is 17.3 Å². The molecule has 0 aliphatic carbocycles. The Morgan fingerprint density at radius 2 is 1.92 bits per heavy atom. The summed E-state index contributed by atoms with van der Waals surface area (Å²) in [5, 5.41) is 15.0. The molecule has 0 radical (unpaired) electrons. The number of para-hydroxylation sites is 1. The molecule has 0 aromatic heterocycles. The van der Waals surface area contributed by atoms with Crippen molar-refractivity contribution in [3.05, 3.63) is 65.4 Å². The van der Waals surface area contributed by atoms with Crippen LogP contribution in [-0.4, -0.2) is 13.0 Å². The Kier molecular flexibility index (Phi) is 5.58. The molecule has 0 fully saturated rings. The summed E-state index contributed by atoms with van der Waals surface area (Å²) in [7, 11) is 1.57. The summed E-state index contributed by atoms with van der Waals surface area (Å²) in [6.07, 6.45) is 1.38. The Labute approximate surface area is 141 Å². The largest absolute Gasteiger partial charge is 0.495 e. The van der Waals surface area contributed by atoms with Crippen LogP contribution < -0.4 is 15.4 Å². The third-order valence-corrected chi connectivity index (χ3v) is 3.49. The van der Waals surface area contributed by atoms with Crippen molar-refractivity contribution in [3.63, 3.8) is 0 Å². The molecule has 2 rings (SSSR count). The average molecular weight is 321 g/mol. The molecule has 122 valence electrons. The zero-order valence-electron chi connectivity index (χ0n) is 13.9. The van der Waals surface area contributed by atoms with Crippen LogP contribution in [0.1, 0.15) is 11.1 Å². The molecule has 1 amide bonds. The predicted molar refractivity (Wildman–Crippen MR) is 94.9 cm³/mol. The molecule has 0 aliphatic heterocycles. The maximum Gasteiger partial charge on any atom is 0.267 e. The van der Waals surface area contributed by atoms with Crippen LogP contribution in [0.5, 0.6) is 5.75 Å². The van der Waals surface area contributed by atoms with E-state index in [0.717, 1.165) is 11.1 Å². The summed E-state index contributed by atoms with van der Waals surface area (Å²) in [5.41, 5.74) is 3.30. The molecule has 2 N–H and O–H groups in total. The molecule has 2 aromatic rings. The zero-order chi connectivity index (χ0) is 17.5. The first-order valence-corrected chi connectivity index (χ1v) is 7.43. The maximum atomic E-state index is 12.3. The number of aryl methyl sites for hydroxylation is 2. The van der Waals surface area contributed by atoms with Gasteiger partial charge in [0.05, 0.1) is 12.8 Å². The number of nitriles is 1. The molecular formula is C19H19N3O2. The molecule has 0 atom stereocenters. The number of carbonyl (C=O) groups is 1. The van der Waals surface area contributed by atoms with Crippen molar-refractivity contribution in [2.75, 3.05) is 17.7 Å². The van der Waals surface area contributed by atoms with E-state index < -0.39 is 5.91 Å². The van der Waals surface area contributed by atoms with E-state index in [4.69, 9.17) is 4.74 Å². The van der Waals surface area contributed by atoms with Gasteiger partial charge in [-0.15, -0.1) is 0 Å². The fourth-order valence-corrected chi connectivity index (χ4v) is 2.14. The Morgan fingerprint density at radius 3 is 2.58 bits per heavy atom. The quantitative estimate of drug-likeness (QED) is 0.649. The van der Waals surface area contributed by atoms with E-state index >= 15 is 0 Å². The number of amides is 1. The van der Waals surface area contributed by atoms with Gasteiger partial charge in [-0.05, 0) is 43.2 Å². The highest BCUT2D eigenvalue weighted by molar-refractivity contribution is 6.07. The summed E-state index contributed by atoms with van der Waals surface area (Å²) in [6, 6.07) is 14.9. The minimum atomic E-state index is -0.467. The molecule has 0 aliphatic rings. The third-order valence-electron chi connectivity index (χ3n) is 3.49. The lowest BCUT2D eigenvalue weighted by Gasteiger charge is -2.10. The van der Waals surface area contributed by atoms with Gasteiger partial charge in [0.2, 0.25) is 0 Å². The minimum Gasteiger partial charge on any atom is -0.495 e. The third kappa shape index (κ3) is 4.14. The van der Waals surface area contributed by atoms with Gasteiger partial charge in [0.15, 0.2) is 0 Å². The Bertz CT molecular complexity index is 820. The molecule has 5 heteroatoms. The van der Waals surface area contributed by atoms with Crippen LogP contribution in [0, 0.1) is 25.2 Å². The number of carbonyl (C=O) groups excluding carboxylic acids is 1. The number of nitrogens with zero attached hydrogens (tertiary/aromatic N) is 1.